The first-order chi connectivity index (χ1) is 18.9. The number of benzene rings is 4. The fourth-order valence-corrected chi connectivity index (χ4v) is 7.62. The summed E-state index contributed by atoms with van der Waals surface area (Å²) in [6, 6.07) is 38.6. The summed E-state index contributed by atoms with van der Waals surface area (Å²) in [7, 11) is -3.65. The Morgan fingerprint density at radius 3 is 1.87 bits per heavy atom. The second kappa shape index (κ2) is 10.3. The Bertz CT molecular complexity index is 1730. The molecule has 6 rings (SSSR count). The molecule has 4 heteroatoms. The van der Waals surface area contributed by atoms with E-state index in [4.69, 9.17) is 0 Å². The van der Waals surface area contributed by atoms with Crippen LogP contribution in [0.3, 0.4) is 0 Å². The molecule has 0 saturated heterocycles. The maximum atomic E-state index is 14.4. The number of hydrogen-bond acceptors (Lipinski definition) is 2. The van der Waals surface area contributed by atoms with Gasteiger partial charge >= 0.3 is 0 Å². The molecule has 1 aliphatic rings. The van der Waals surface area contributed by atoms with Gasteiger partial charge in [0.05, 0.1) is 4.90 Å². The van der Waals surface area contributed by atoms with Crippen LogP contribution in [-0.4, -0.2) is 8.42 Å². The van der Waals surface area contributed by atoms with Gasteiger partial charge in [-0.15, -0.1) is 0 Å². The van der Waals surface area contributed by atoms with Crippen molar-refractivity contribution in [2.75, 3.05) is 0 Å². The molecule has 0 radical (unpaired) electrons. The Hall–Kier alpha value is -4.02. The van der Waals surface area contributed by atoms with Gasteiger partial charge in [0.15, 0.2) is 15.1 Å². The van der Waals surface area contributed by atoms with Crippen molar-refractivity contribution in [2.45, 2.75) is 43.3 Å². The van der Waals surface area contributed by atoms with Crippen LogP contribution in [0.25, 0.3) is 28.1 Å². The van der Waals surface area contributed by atoms with Crippen LogP contribution in [0.4, 0.5) is 0 Å². The summed E-state index contributed by atoms with van der Waals surface area (Å²) in [5.74, 6) is 0. The third-order valence-corrected chi connectivity index (χ3v) is 9.90. The first kappa shape index (κ1) is 25.3. The van der Waals surface area contributed by atoms with E-state index < -0.39 is 15.1 Å². The number of nitrogens with zero attached hydrogens (tertiary/aromatic N) is 1. The number of rotatable bonds is 5. The second-order valence-electron chi connectivity index (χ2n) is 10.4. The van der Waals surface area contributed by atoms with Crippen LogP contribution in [-0.2, 0) is 16.3 Å². The summed E-state index contributed by atoms with van der Waals surface area (Å²) in [4.78, 5) is 0.382. The second-order valence-corrected chi connectivity index (χ2v) is 12.6. The molecule has 1 atom stereocenters. The molecular formula is C35H32NO2S+. The topological polar surface area (TPSA) is 38.0 Å². The Morgan fingerprint density at radius 1 is 0.692 bits per heavy atom. The van der Waals surface area contributed by atoms with Crippen LogP contribution in [0.1, 0.15) is 40.5 Å². The minimum absolute atomic E-state index is 0.382. The van der Waals surface area contributed by atoms with Gasteiger partial charge in [0.1, 0.15) is 0 Å². The molecule has 39 heavy (non-hydrogen) atoms. The van der Waals surface area contributed by atoms with Gasteiger partial charge in [0.25, 0.3) is 0 Å². The summed E-state index contributed by atoms with van der Waals surface area (Å²) in [5, 5.41) is -0.656. The van der Waals surface area contributed by atoms with Crippen molar-refractivity contribution >= 4 is 9.84 Å². The predicted octanol–water partition coefficient (Wildman–Crippen LogP) is 7.77. The van der Waals surface area contributed by atoms with E-state index in [1.165, 1.54) is 5.56 Å². The number of sulfone groups is 1. The van der Waals surface area contributed by atoms with Crippen molar-refractivity contribution in [1.82, 2.24) is 0 Å². The lowest BCUT2D eigenvalue weighted by atomic mass is 9.87. The fraction of sp³-hybridized carbons (Fsp3) is 0.171. The van der Waals surface area contributed by atoms with Gasteiger partial charge in [-0.2, -0.15) is 4.57 Å². The van der Waals surface area contributed by atoms with Crippen LogP contribution < -0.4 is 4.57 Å². The van der Waals surface area contributed by atoms with Gasteiger partial charge in [-0.1, -0.05) is 83.9 Å². The van der Waals surface area contributed by atoms with Gasteiger partial charge in [-0.3, -0.25) is 0 Å². The molecule has 5 aromatic rings. The molecule has 0 fully saturated rings. The highest BCUT2D eigenvalue weighted by molar-refractivity contribution is 7.91. The zero-order valence-corrected chi connectivity index (χ0v) is 23.2. The van der Waals surface area contributed by atoms with Crippen molar-refractivity contribution in [3.63, 3.8) is 0 Å². The number of fused-ring (bicyclic) bond motifs is 1. The van der Waals surface area contributed by atoms with Crippen molar-refractivity contribution in [3.05, 3.63) is 138 Å². The van der Waals surface area contributed by atoms with E-state index in [1.54, 1.807) is 12.1 Å². The van der Waals surface area contributed by atoms with Gasteiger partial charge in [-0.25, -0.2) is 8.42 Å². The molecule has 4 aromatic carbocycles. The fourth-order valence-electron chi connectivity index (χ4n) is 5.76. The monoisotopic (exact) mass is 530 g/mol. The third kappa shape index (κ3) is 4.70. The van der Waals surface area contributed by atoms with E-state index in [-0.39, 0.29) is 0 Å². The molecule has 1 heterocycles. The van der Waals surface area contributed by atoms with E-state index in [9.17, 15) is 8.42 Å². The van der Waals surface area contributed by atoms with Gasteiger partial charge < -0.3 is 0 Å². The summed E-state index contributed by atoms with van der Waals surface area (Å²) < 4.78 is 31.0. The summed E-state index contributed by atoms with van der Waals surface area (Å²) in [6.07, 6.45) is 2.24. The Balaban J connectivity index is 1.72. The average molecular weight is 531 g/mol. The largest absolute Gasteiger partial charge is 0.223 e. The molecule has 0 spiro atoms. The summed E-state index contributed by atoms with van der Waals surface area (Å²) in [5.41, 5.74) is 9.44. The van der Waals surface area contributed by atoms with E-state index in [1.807, 2.05) is 55.5 Å². The smallest absolute Gasteiger partial charge is 0.219 e. The minimum Gasteiger partial charge on any atom is -0.223 e. The SMILES string of the molecule is Cc1ccc(-[n+]2c(-c3ccccc3)cc(-c3ccccc3)c3c2C(S(=O)(=O)c2ccc(C)cc2)CCC3)cc1. The van der Waals surface area contributed by atoms with Gasteiger partial charge in [-0.05, 0) is 68.5 Å². The lowest BCUT2D eigenvalue weighted by Gasteiger charge is -2.26. The highest BCUT2D eigenvalue weighted by Crippen LogP contribution is 2.43. The Labute approximate surface area is 231 Å². The normalized spacial score (nSPS) is 15.1. The van der Waals surface area contributed by atoms with E-state index in [2.05, 4.69) is 66.1 Å². The van der Waals surface area contributed by atoms with Crippen LogP contribution in [0.2, 0.25) is 0 Å². The highest BCUT2D eigenvalue weighted by atomic mass is 32.2. The van der Waals surface area contributed by atoms with Crippen LogP contribution in [0, 0.1) is 13.8 Å². The first-order valence-corrected chi connectivity index (χ1v) is 15.1. The maximum Gasteiger partial charge on any atom is 0.219 e. The molecule has 0 N–H and O–H groups in total. The molecule has 1 aliphatic carbocycles. The zero-order chi connectivity index (χ0) is 27.0. The van der Waals surface area contributed by atoms with Crippen molar-refractivity contribution < 1.29 is 13.0 Å². The van der Waals surface area contributed by atoms with Crippen molar-refractivity contribution in [3.8, 4) is 28.1 Å². The van der Waals surface area contributed by atoms with E-state index in [0.717, 1.165) is 57.7 Å². The van der Waals surface area contributed by atoms with Crippen LogP contribution >= 0.6 is 0 Å². The van der Waals surface area contributed by atoms with Crippen LogP contribution in [0.15, 0.2) is 120 Å². The molecular weight excluding hydrogens is 498 g/mol. The minimum atomic E-state index is -3.65. The number of aromatic nitrogens is 1. The molecule has 0 bridgehead atoms. The van der Waals surface area contributed by atoms with Gasteiger partial charge in [0.2, 0.25) is 17.1 Å². The predicted molar refractivity (Wildman–Crippen MR) is 158 cm³/mol. The average Bonchev–Trinajstić information content (AvgIpc) is 2.97. The standard InChI is InChI=1S/C35H32NO2S/c1-25-16-20-29(21-17-25)36-33(28-12-7-4-8-13-28)24-32(27-10-5-3-6-11-27)31-14-9-15-34(35(31)36)39(37,38)30-22-18-26(2)19-23-30/h3-8,10-13,16-24,34H,9,14-15H2,1-2H3/q+1. The first-order valence-electron chi connectivity index (χ1n) is 13.5. The van der Waals surface area contributed by atoms with Crippen LogP contribution in [0.5, 0.6) is 0 Å². The van der Waals surface area contributed by atoms with Crippen molar-refractivity contribution in [1.29, 1.82) is 0 Å². The van der Waals surface area contributed by atoms with Gasteiger partial charge in [0, 0.05) is 29.3 Å². The number of pyridine rings is 1. The van der Waals surface area contributed by atoms with Crippen molar-refractivity contribution in [2.24, 2.45) is 0 Å². The zero-order valence-electron chi connectivity index (χ0n) is 22.3. The molecule has 0 saturated carbocycles. The Morgan fingerprint density at radius 2 is 1.26 bits per heavy atom. The highest BCUT2D eigenvalue weighted by Gasteiger charge is 2.43. The molecule has 0 aliphatic heterocycles. The maximum absolute atomic E-state index is 14.4. The molecule has 1 unspecified atom stereocenters. The third-order valence-electron chi connectivity index (χ3n) is 7.77. The number of hydrogen-bond donors (Lipinski definition) is 0. The molecule has 1 aromatic heterocycles. The molecule has 0 amide bonds. The number of aryl methyl sites for hydroxylation is 2. The molecule has 194 valence electrons. The lowest BCUT2D eigenvalue weighted by molar-refractivity contribution is -0.594. The quantitative estimate of drug-likeness (QED) is 0.218. The summed E-state index contributed by atoms with van der Waals surface area (Å²) >= 11 is 0. The Kier molecular flexibility index (Phi) is 6.66. The lowest BCUT2D eigenvalue weighted by Crippen LogP contribution is -2.44. The van der Waals surface area contributed by atoms with E-state index in [0.29, 0.717) is 11.3 Å². The summed E-state index contributed by atoms with van der Waals surface area (Å²) in [6.45, 7) is 4.06. The van der Waals surface area contributed by atoms with E-state index >= 15 is 0 Å². The molecule has 3 nitrogen and oxygen atoms in total.